The summed E-state index contributed by atoms with van der Waals surface area (Å²) in [6.45, 7) is 0.894. The molecule has 39 heavy (non-hydrogen) atoms. The second-order valence-electron chi connectivity index (χ2n) is 9.83. The van der Waals surface area contributed by atoms with E-state index in [1.54, 1.807) is 12.1 Å². The molecule has 0 bridgehead atoms. The summed E-state index contributed by atoms with van der Waals surface area (Å²) in [7, 11) is 2.14. The first kappa shape index (κ1) is 27.4. The molecule has 204 valence electrons. The molecule has 0 unspecified atom stereocenters. The molecule has 8 nitrogen and oxygen atoms in total. The van der Waals surface area contributed by atoms with Gasteiger partial charge in [0.2, 0.25) is 17.3 Å². The van der Waals surface area contributed by atoms with Gasteiger partial charge in [-0.1, -0.05) is 41.6 Å². The van der Waals surface area contributed by atoms with Gasteiger partial charge in [0.1, 0.15) is 6.29 Å². The summed E-state index contributed by atoms with van der Waals surface area (Å²) in [5, 5.41) is 18.2. The zero-order valence-electron chi connectivity index (χ0n) is 21.7. The molecule has 1 N–H and O–H groups in total. The number of hydrogen-bond donors (Lipinski definition) is 1. The summed E-state index contributed by atoms with van der Waals surface area (Å²) in [6.07, 6.45) is 5.80. The highest BCUT2D eigenvalue weighted by Gasteiger charge is 2.48. The van der Waals surface area contributed by atoms with Crippen LogP contribution in [0.4, 0.5) is 0 Å². The van der Waals surface area contributed by atoms with Crippen molar-refractivity contribution in [2.24, 2.45) is 0 Å². The van der Waals surface area contributed by atoms with Crippen LogP contribution >= 0.6 is 22.7 Å². The molecule has 1 aliphatic carbocycles. The monoisotopic (exact) mass is 565 g/mol. The van der Waals surface area contributed by atoms with Crippen molar-refractivity contribution in [3.05, 3.63) is 80.5 Å². The number of benzene rings is 1. The normalized spacial score (nSPS) is 17.9. The quantitative estimate of drug-likeness (QED) is 0.212. The molecule has 10 heteroatoms. The predicted molar refractivity (Wildman–Crippen MR) is 150 cm³/mol. The van der Waals surface area contributed by atoms with Gasteiger partial charge in [-0.05, 0) is 68.6 Å². The zero-order chi connectivity index (χ0) is 27.2. The van der Waals surface area contributed by atoms with Gasteiger partial charge in [-0.15, -0.1) is 22.7 Å². The summed E-state index contributed by atoms with van der Waals surface area (Å²) in [6, 6.07) is 15.0. The minimum absolute atomic E-state index is 0.118. The van der Waals surface area contributed by atoms with Gasteiger partial charge in [-0.3, -0.25) is 4.79 Å². The molecule has 1 saturated carbocycles. The number of carboxylic acids is 1. The molecule has 3 heterocycles. The first-order chi connectivity index (χ1) is 19.0. The fourth-order valence-corrected chi connectivity index (χ4v) is 6.97. The molecule has 5 rings (SSSR count). The van der Waals surface area contributed by atoms with Crippen LogP contribution < -0.4 is 0 Å². The van der Waals surface area contributed by atoms with Crippen LogP contribution in [0, 0.1) is 0 Å². The summed E-state index contributed by atoms with van der Waals surface area (Å²) in [5.74, 6) is 0.160. The van der Waals surface area contributed by atoms with Crippen molar-refractivity contribution in [2.45, 2.75) is 56.3 Å². The van der Waals surface area contributed by atoms with E-state index < -0.39 is 11.6 Å². The Morgan fingerprint density at radius 3 is 2.33 bits per heavy atom. The SMILES string of the molecule is CN(CCCc1nc(-c2ccc(C=O)cc2)no1)[C@H]1CC[C@H](OC(C(=O)O)(c2cccs2)c2cccs2)CC1. The molecule has 0 amide bonds. The van der Waals surface area contributed by atoms with Crippen molar-refractivity contribution >= 4 is 34.9 Å². The number of aliphatic carboxylic acids is 1. The standard InChI is InChI=1S/C29H31N3O5S2/c1-32(16-2-7-26-30-27(31-37-26)21-10-8-20(19-33)9-11-21)22-12-14-23(15-13-22)36-29(28(34)35,24-5-3-17-38-24)25-6-4-18-39-25/h3-6,8-11,17-19,22-23H,2,7,12-16H2,1H3,(H,34,35)/t22-,23-. The fourth-order valence-electron chi connectivity index (χ4n) is 5.16. The van der Waals surface area contributed by atoms with Gasteiger partial charge in [0.05, 0.1) is 15.9 Å². The Morgan fingerprint density at radius 1 is 1.10 bits per heavy atom. The summed E-state index contributed by atoms with van der Waals surface area (Å²) >= 11 is 2.84. The van der Waals surface area contributed by atoms with Crippen LogP contribution in [0.1, 0.15) is 58.1 Å². The Balaban J connectivity index is 1.12. The van der Waals surface area contributed by atoms with Crippen LogP contribution in [0.2, 0.25) is 0 Å². The largest absolute Gasteiger partial charge is 0.479 e. The van der Waals surface area contributed by atoms with Crippen molar-refractivity contribution in [3.8, 4) is 11.4 Å². The number of thiophene rings is 2. The number of ether oxygens (including phenoxy) is 1. The third-order valence-corrected chi connectivity index (χ3v) is 9.26. The topological polar surface area (TPSA) is 106 Å². The van der Waals surface area contributed by atoms with Crippen LogP contribution in [0.15, 0.2) is 63.8 Å². The first-order valence-corrected chi connectivity index (χ1v) is 14.8. The highest BCUT2D eigenvalue weighted by Crippen LogP contribution is 2.42. The lowest BCUT2D eigenvalue weighted by molar-refractivity contribution is -0.170. The number of aldehydes is 1. The third kappa shape index (κ3) is 6.04. The molecule has 3 aromatic heterocycles. The minimum Gasteiger partial charge on any atom is -0.479 e. The average molecular weight is 566 g/mol. The van der Waals surface area contributed by atoms with Crippen molar-refractivity contribution in [1.29, 1.82) is 0 Å². The lowest BCUT2D eigenvalue weighted by Crippen LogP contribution is -2.44. The zero-order valence-corrected chi connectivity index (χ0v) is 23.3. The molecular formula is C29H31N3O5S2. The molecule has 4 aromatic rings. The molecule has 0 radical (unpaired) electrons. The van der Waals surface area contributed by atoms with Crippen molar-refractivity contribution in [1.82, 2.24) is 15.0 Å². The Labute approximate surface area is 235 Å². The van der Waals surface area contributed by atoms with Gasteiger partial charge < -0.3 is 19.3 Å². The maximum atomic E-state index is 12.7. The third-order valence-electron chi connectivity index (χ3n) is 7.32. The molecule has 0 atom stereocenters. The van der Waals surface area contributed by atoms with E-state index in [9.17, 15) is 14.7 Å². The number of carbonyl (C=O) groups excluding carboxylic acids is 1. The maximum absolute atomic E-state index is 12.7. The van der Waals surface area contributed by atoms with E-state index in [1.807, 2.05) is 47.2 Å². The number of carbonyl (C=O) groups is 2. The van der Waals surface area contributed by atoms with Gasteiger partial charge in [-0.25, -0.2) is 4.79 Å². The molecule has 0 spiro atoms. The van der Waals surface area contributed by atoms with Crippen molar-refractivity contribution in [3.63, 3.8) is 0 Å². The Kier molecular flexibility index (Phi) is 8.66. The number of nitrogens with zero attached hydrogens (tertiary/aromatic N) is 3. The molecule has 0 aliphatic heterocycles. The smallest absolute Gasteiger partial charge is 0.347 e. The van der Waals surface area contributed by atoms with E-state index in [-0.39, 0.29) is 6.10 Å². The van der Waals surface area contributed by atoms with E-state index in [4.69, 9.17) is 9.26 Å². The Morgan fingerprint density at radius 2 is 1.77 bits per heavy atom. The molecule has 1 fully saturated rings. The van der Waals surface area contributed by atoms with Gasteiger partial charge >= 0.3 is 5.97 Å². The lowest BCUT2D eigenvalue weighted by Gasteiger charge is -2.38. The van der Waals surface area contributed by atoms with E-state index in [1.165, 1.54) is 22.7 Å². The number of hydrogen-bond acceptors (Lipinski definition) is 9. The van der Waals surface area contributed by atoms with Gasteiger partial charge in [0.15, 0.2) is 0 Å². The van der Waals surface area contributed by atoms with Crippen LogP contribution in [0.25, 0.3) is 11.4 Å². The maximum Gasteiger partial charge on any atom is 0.347 e. The number of carboxylic acid groups (broad SMARTS) is 1. The van der Waals surface area contributed by atoms with Gasteiger partial charge in [-0.2, -0.15) is 4.98 Å². The average Bonchev–Trinajstić information content (AvgIpc) is 3.76. The summed E-state index contributed by atoms with van der Waals surface area (Å²) in [4.78, 5) is 31.8. The summed E-state index contributed by atoms with van der Waals surface area (Å²) in [5.41, 5.74) is -0.0281. The predicted octanol–water partition coefficient (Wildman–Crippen LogP) is 5.89. The van der Waals surface area contributed by atoms with Gasteiger partial charge in [0, 0.05) is 23.6 Å². The molecular weight excluding hydrogens is 534 g/mol. The van der Waals surface area contributed by atoms with E-state index in [0.29, 0.717) is 39.5 Å². The van der Waals surface area contributed by atoms with Crippen LogP contribution in [0.3, 0.4) is 0 Å². The van der Waals surface area contributed by atoms with Crippen LogP contribution in [-0.4, -0.2) is 58.1 Å². The fraction of sp³-hybridized carbons (Fsp3) is 0.379. The lowest BCUT2D eigenvalue weighted by atomic mass is 9.90. The number of aromatic nitrogens is 2. The number of rotatable bonds is 12. The van der Waals surface area contributed by atoms with Crippen molar-refractivity contribution < 1.29 is 24.0 Å². The van der Waals surface area contributed by atoms with Gasteiger partial charge in [0.25, 0.3) is 0 Å². The molecule has 1 aromatic carbocycles. The second-order valence-corrected chi connectivity index (χ2v) is 11.7. The van der Waals surface area contributed by atoms with Crippen LogP contribution in [-0.2, 0) is 21.6 Å². The highest BCUT2D eigenvalue weighted by atomic mass is 32.1. The molecule has 0 saturated heterocycles. The van der Waals surface area contributed by atoms with E-state index in [0.717, 1.165) is 50.5 Å². The Bertz CT molecular complexity index is 1310. The number of aryl methyl sites for hydroxylation is 1. The minimum atomic E-state index is -1.45. The highest BCUT2D eigenvalue weighted by molar-refractivity contribution is 7.12. The molecule has 1 aliphatic rings. The first-order valence-electron chi connectivity index (χ1n) is 13.1. The second kappa shape index (κ2) is 12.3. The van der Waals surface area contributed by atoms with Crippen molar-refractivity contribution in [2.75, 3.05) is 13.6 Å². The Hall–Kier alpha value is -3.18. The van der Waals surface area contributed by atoms with E-state index in [2.05, 4.69) is 22.1 Å². The summed E-state index contributed by atoms with van der Waals surface area (Å²) < 4.78 is 11.9. The van der Waals surface area contributed by atoms with Crippen LogP contribution in [0.5, 0.6) is 0 Å². The van der Waals surface area contributed by atoms with E-state index >= 15 is 0 Å².